The summed E-state index contributed by atoms with van der Waals surface area (Å²) < 4.78 is 24.8. The quantitative estimate of drug-likeness (QED) is 0.118. The molecule has 0 amide bonds. The Kier molecular flexibility index (Phi) is 9.78. The zero-order valence-electron chi connectivity index (χ0n) is 26.8. The molecule has 9 heteroatoms. The Labute approximate surface area is 279 Å². The summed E-state index contributed by atoms with van der Waals surface area (Å²) in [5.41, 5.74) is 6.85. The molecule has 0 aliphatic carbocycles. The third-order valence-electron chi connectivity index (χ3n) is 8.11. The zero-order chi connectivity index (χ0) is 33.7. The number of fused-ring (bicyclic) bond motifs is 1. The van der Waals surface area contributed by atoms with Gasteiger partial charge in [0.1, 0.15) is 30.0 Å². The van der Waals surface area contributed by atoms with E-state index in [1.54, 1.807) is 6.07 Å². The number of benzene rings is 5. The van der Waals surface area contributed by atoms with Crippen molar-refractivity contribution < 1.29 is 23.8 Å². The van der Waals surface area contributed by atoms with E-state index in [-0.39, 0.29) is 0 Å². The largest absolute Gasteiger partial charge is 0.489 e. The van der Waals surface area contributed by atoms with E-state index in [0.717, 1.165) is 39.4 Å². The number of nitrogens with one attached hydrogen (secondary N) is 1. The lowest BCUT2D eigenvalue weighted by Crippen LogP contribution is -2.27. The lowest BCUT2D eigenvalue weighted by Gasteiger charge is -2.27. The van der Waals surface area contributed by atoms with E-state index in [4.69, 9.17) is 9.47 Å². The molecule has 244 valence electrons. The van der Waals surface area contributed by atoms with Gasteiger partial charge >= 0.3 is 7.60 Å². The number of pyridine rings is 1. The maximum atomic E-state index is 12.4. The Morgan fingerprint density at radius 1 is 0.667 bits per heavy atom. The standard InChI is InChI=1S/C39H37N2O6P/c1-27-9-7-11-29(19-27)25-46-36-15-5-3-13-31(36)23-41(34-17-18-35-33(21-34)22-38(39(42)40-35)48(43,44)45)24-32-14-4-6-16-37(32)47-26-30-12-8-10-28(2)20-30/h3-22H,23-26H2,1-2H3,(H,40,42)(H2,43,44,45). The molecule has 0 saturated carbocycles. The first-order chi connectivity index (χ1) is 23.1. The summed E-state index contributed by atoms with van der Waals surface area (Å²) in [5.74, 6) is 1.50. The van der Waals surface area contributed by atoms with E-state index in [9.17, 15) is 19.1 Å². The maximum absolute atomic E-state index is 12.4. The number of ether oxygens (including phenoxy) is 2. The Hall–Kier alpha value is -5.14. The van der Waals surface area contributed by atoms with Gasteiger partial charge in [0.15, 0.2) is 0 Å². The molecule has 48 heavy (non-hydrogen) atoms. The van der Waals surface area contributed by atoms with Gasteiger partial charge in [-0.3, -0.25) is 9.36 Å². The van der Waals surface area contributed by atoms with Crippen molar-refractivity contribution in [2.75, 3.05) is 4.90 Å². The number of anilines is 1. The first kappa shape index (κ1) is 32.8. The van der Waals surface area contributed by atoms with Crippen LogP contribution in [-0.2, 0) is 30.9 Å². The predicted octanol–water partition coefficient (Wildman–Crippen LogP) is 7.31. The average Bonchev–Trinajstić information content (AvgIpc) is 3.06. The van der Waals surface area contributed by atoms with Crippen LogP contribution in [0.5, 0.6) is 11.5 Å². The van der Waals surface area contributed by atoms with Crippen molar-refractivity contribution in [3.8, 4) is 11.5 Å². The van der Waals surface area contributed by atoms with Gasteiger partial charge in [-0.2, -0.15) is 0 Å². The predicted molar refractivity (Wildman–Crippen MR) is 190 cm³/mol. The number of nitrogens with zero attached hydrogens (tertiary/aromatic N) is 1. The summed E-state index contributed by atoms with van der Waals surface area (Å²) in [4.78, 5) is 36.8. The van der Waals surface area contributed by atoms with Gasteiger partial charge in [-0.15, -0.1) is 0 Å². The Balaban J connectivity index is 1.36. The highest BCUT2D eigenvalue weighted by Crippen LogP contribution is 2.34. The molecule has 3 N–H and O–H groups in total. The van der Waals surface area contributed by atoms with Gasteiger partial charge in [-0.1, -0.05) is 96.1 Å². The zero-order valence-corrected chi connectivity index (χ0v) is 27.7. The number of aryl methyl sites for hydroxylation is 2. The summed E-state index contributed by atoms with van der Waals surface area (Å²) in [5, 5.41) is -0.0631. The fraction of sp³-hybridized carbons (Fsp3) is 0.154. The van der Waals surface area contributed by atoms with Crippen LogP contribution in [0, 0.1) is 13.8 Å². The summed E-state index contributed by atoms with van der Waals surface area (Å²) >= 11 is 0. The average molecular weight is 661 g/mol. The van der Waals surface area contributed by atoms with Gasteiger partial charge in [0.05, 0.1) is 0 Å². The van der Waals surface area contributed by atoms with Crippen molar-refractivity contribution in [3.63, 3.8) is 0 Å². The Morgan fingerprint density at radius 2 is 1.21 bits per heavy atom. The van der Waals surface area contributed by atoms with Crippen molar-refractivity contribution >= 4 is 29.5 Å². The second kappa shape index (κ2) is 14.3. The lowest BCUT2D eigenvalue weighted by molar-refractivity contribution is 0.301. The van der Waals surface area contributed by atoms with Crippen LogP contribution in [0.3, 0.4) is 0 Å². The molecule has 0 aliphatic heterocycles. The molecular formula is C39H37N2O6P. The first-order valence-corrected chi connectivity index (χ1v) is 17.2. The van der Waals surface area contributed by atoms with Gasteiger partial charge in [0.25, 0.3) is 5.56 Å². The number of aromatic nitrogens is 1. The second-order valence-electron chi connectivity index (χ2n) is 11.9. The summed E-state index contributed by atoms with van der Waals surface area (Å²) in [6.45, 7) is 5.86. The van der Waals surface area contributed by atoms with Crippen LogP contribution in [0.2, 0.25) is 0 Å². The number of hydrogen-bond donors (Lipinski definition) is 3. The fourth-order valence-corrected chi connectivity index (χ4v) is 6.35. The van der Waals surface area contributed by atoms with Gasteiger partial charge in [-0.25, -0.2) is 0 Å². The molecule has 8 nitrogen and oxygen atoms in total. The molecule has 6 aromatic rings. The van der Waals surface area contributed by atoms with Gasteiger partial charge in [0.2, 0.25) is 0 Å². The highest BCUT2D eigenvalue weighted by atomic mass is 31.2. The van der Waals surface area contributed by atoms with E-state index >= 15 is 0 Å². The van der Waals surface area contributed by atoms with Crippen LogP contribution in [0.15, 0.2) is 126 Å². The molecule has 0 unspecified atom stereocenters. The topological polar surface area (TPSA) is 112 Å². The van der Waals surface area contributed by atoms with Gasteiger partial charge in [0, 0.05) is 40.8 Å². The van der Waals surface area contributed by atoms with Crippen molar-refractivity contribution in [3.05, 3.63) is 165 Å². The first-order valence-electron chi connectivity index (χ1n) is 15.6. The Morgan fingerprint density at radius 3 is 1.73 bits per heavy atom. The third kappa shape index (κ3) is 8.04. The lowest BCUT2D eigenvalue weighted by atomic mass is 10.1. The number of rotatable bonds is 12. The molecule has 6 rings (SSSR count). The maximum Gasteiger partial charge on any atom is 0.361 e. The van der Waals surface area contributed by atoms with Crippen LogP contribution in [-0.4, -0.2) is 14.8 Å². The Bertz CT molecular complexity index is 2080. The summed E-state index contributed by atoms with van der Waals surface area (Å²) in [6.07, 6.45) is 0. The summed E-state index contributed by atoms with van der Waals surface area (Å²) in [7, 11) is -4.78. The third-order valence-corrected chi connectivity index (χ3v) is 9.07. The molecule has 0 radical (unpaired) electrons. The van der Waals surface area contributed by atoms with Gasteiger partial charge < -0.3 is 29.1 Å². The smallest absolute Gasteiger partial charge is 0.361 e. The number of aromatic amines is 1. The minimum atomic E-state index is -4.78. The van der Waals surface area contributed by atoms with Crippen LogP contribution in [0.4, 0.5) is 5.69 Å². The molecule has 0 fully saturated rings. The molecular weight excluding hydrogens is 623 g/mol. The number of H-pyrrole nitrogens is 1. The number of hydrogen-bond acceptors (Lipinski definition) is 5. The molecule has 1 aromatic heterocycles. The van der Waals surface area contributed by atoms with Crippen LogP contribution >= 0.6 is 7.60 Å². The van der Waals surface area contributed by atoms with E-state index < -0.39 is 18.5 Å². The van der Waals surface area contributed by atoms with Crippen molar-refractivity contribution in [2.45, 2.75) is 40.2 Å². The number of para-hydroxylation sites is 2. The monoisotopic (exact) mass is 660 g/mol. The second-order valence-corrected chi connectivity index (χ2v) is 13.5. The molecule has 0 spiro atoms. The molecule has 0 saturated heterocycles. The van der Waals surface area contributed by atoms with Crippen molar-refractivity contribution in [2.24, 2.45) is 0 Å². The van der Waals surface area contributed by atoms with E-state index in [1.807, 2.05) is 84.9 Å². The SMILES string of the molecule is Cc1cccc(COc2ccccc2CN(Cc2ccccc2OCc2cccc(C)c2)c2ccc3[nH]c(=O)c(P(=O)(O)O)cc3c2)c1. The van der Waals surface area contributed by atoms with E-state index in [1.165, 1.54) is 17.2 Å². The molecule has 0 atom stereocenters. The normalized spacial score (nSPS) is 11.4. The fourth-order valence-electron chi connectivity index (χ4n) is 5.72. The van der Waals surface area contributed by atoms with Crippen molar-refractivity contribution in [1.82, 2.24) is 4.98 Å². The van der Waals surface area contributed by atoms with Gasteiger partial charge in [-0.05, 0) is 61.4 Å². The molecule has 1 heterocycles. The summed E-state index contributed by atoms with van der Waals surface area (Å²) in [6, 6.07) is 39.0. The van der Waals surface area contributed by atoms with E-state index in [0.29, 0.717) is 37.2 Å². The molecule has 0 bridgehead atoms. The highest BCUT2D eigenvalue weighted by Gasteiger charge is 2.23. The molecule has 0 aliphatic rings. The van der Waals surface area contributed by atoms with Crippen molar-refractivity contribution in [1.29, 1.82) is 0 Å². The minimum absolute atomic E-state index is 0.419. The van der Waals surface area contributed by atoms with Crippen LogP contribution in [0.25, 0.3) is 10.9 Å². The van der Waals surface area contributed by atoms with Crippen LogP contribution < -0.4 is 25.2 Å². The molecule has 5 aromatic carbocycles. The van der Waals surface area contributed by atoms with Crippen LogP contribution in [0.1, 0.15) is 33.4 Å². The van der Waals surface area contributed by atoms with E-state index in [2.05, 4.69) is 48.0 Å². The highest BCUT2D eigenvalue weighted by molar-refractivity contribution is 7.60. The minimum Gasteiger partial charge on any atom is -0.489 e.